The standard InChI is InChI=1S/C33H36F2N2O6S/c1-22-6-4-13-37(20-22)14-5-15-42-32-19-27-25(18-31(32)41-3)28(11-12-36-27)43-29-10-7-23(16-30(29)40-2)21-44(38,39)33-17-24(34)8-9-26(33)35/h7-12,16-19,22H,4-6,13-15,20-21H2,1-3H3. The topological polar surface area (TPSA) is 87.2 Å². The Bertz CT molecular complexity index is 1730. The molecule has 5 rings (SSSR count). The fraction of sp³-hybridized carbons (Fsp3) is 0.364. The number of halogens is 2. The van der Waals surface area contributed by atoms with Crippen LogP contribution in [-0.4, -0.2) is 58.8 Å². The van der Waals surface area contributed by atoms with Crippen LogP contribution in [0.2, 0.25) is 0 Å². The van der Waals surface area contributed by atoms with Crippen LogP contribution >= 0.6 is 0 Å². The summed E-state index contributed by atoms with van der Waals surface area (Å²) < 4.78 is 76.9. The molecular weight excluding hydrogens is 590 g/mol. The fourth-order valence-electron chi connectivity index (χ4n) is 5.47. The molecule has 0 saturated carbocycles. The van der Waals surface area contributed by atoms with Crippen molar-refractivity contribution in [3.8, 4) is 28.7 Å². The number of ether oxygens (including phenoxy) is 4. The molecule has 0 spiro atoms. The second-order valence-electron chi connectivity index (χ2n) is 11.0. The molecule has 1 aliphatic rings. The van der Waals surface area contributed by atoms with E-state index in [0.29, 0.717) is 52.1 Å². The number of likely N-dealkylation sites (tertiary alicyclic amines) is 1. The molecule has 0 aliphatic carbocycles. The number of pyridine rings is 1. The highest BCUT2D eigenvalue weighted by molar-refractivity contribution is 7.90. The summed E-state index contributed by atoms with van der Waals surface area (Å²) in [4.78, 5) is 6.28. The summed E-state index contributed by atoms with van der Waals surface area (Å²) in [6, 6.07) is 12.3. The Balaban J connectivity index is 1.32. The van der Waals surface area contributed by atoms with E-state index in [1.165, 1.54) is 32.1 Å². The second-order valence-corrected chi connectivity index (χ2v) is 13.0. The molecule has 0 bridgehead atoms. The highest BCUT2D eigenvalue weighted by Crippen LogP contribution is 2.39. The average molecular weight is 627 g/mol. The molecule has 1 unspecified atom stereocenters. The maximum absolute atomic E-state index is 14.2. The van der Waals surface area contributed by atoms with Crippen LogP contribution in [0.5, 0.6) is 28.7 Å². The Morgan fingerprint density at radius 3 is 2.50 bits per heavy atom. The van der Waals surface area contributed by atoms with Gasteiger partial charge in [0, 0.05) is 30.7 Å². The number of hydrogen-bond acceptors (Lipinski definition) is 8. The molecule has 44 heavy (non-hydrogen) atoms. The first kappa shape index (κ1) is 31.5. The third-order valence-corrected chi connectivity index (χ3v) is 9.33. The molecule has 0 N–H and O–H groups in total. The quantitative estimate of drug-likeness (QED) is 0.159. The molecule has 1 saturated heterocycles. The Kier molecular flexibility index (Phi) is 9.85. The van der Waals surface area contributed by atoms with Gasteiger partial charge in [-0.05, 0) is 79.8 Å². The number of sulfone groups is 1. The molecule has 1 aromatic heterocycles. The van der Waals surface area contributed by atoms with Gasteiger partial charge in [-0.15, -0.1) is 0 Å². The molecule has 8 nitrogen and oxygen atoms in total. The lowest BCUT2D eigenvalue weighted by atomic mass is 10.0. The van der Waals surface area contributed by atoms with E-state index in [2.05, 4.69) is 16.8 Å². The van der Waals surface area contributed by atoms with Crippen LogP contribution in [0, 0.1) is 17.6 Å². The van der Waals surface area contributed by atoms with E-state index in [1.54, 1.807) is 31.5 Å². The van der Waals surface area contributed by atoms with Gasteiger partial charge in [0.25, 0.3) is 0 Å². The molecule has 0 radical (unpaired) electrons. The number of benzene rings is 3. The van der Waals surface area contributed by atoms with Gasteiger partial charge in [0.05, 0.1) is 32.1 Å². The van der Waals surface area contributed by atoms with Gasteiger partial charge in [-0.2, -0.15) is 0 Å². The Morgan fingerprint density at radius 1 is 0.932 bits per heavy atom. The summed E-state index contributed by atoms with van der Waals surface area (Å²) in [5.41, 5.74) is 0.956. The zero-order chi connectivity index (χ0) is 31.3. The first-order valence-corrected chi connectivity index (χ1v) is 16.2. The summed E-state index contributed by atoms with van der Waals surface area (Å²) in [5.74, 6) is 0.515. The van der Waals surface area contributed by atoms with E-state index in [1.807, 2.05) is 6.07 Å². The minimum atomic E-state index is -4.17. The van der Waals surface area contributed by atoms with Crippen molar-refractivity contribution in [3.63, 3.8) is 0 Å². The smallest absolute Gasteiger partial charge is 0.185 e. The fourth-order valence-corrected chi connectivity index (χ4v) is 6.90. The number of nitrogens with zero attached hydrogens (tertiary/aromatic N) is 2. The maximum Gasteiger partial charge on any atom is 0.185 e. The van der Waals surface area contributed by atoms with Gasteiger partial charge in [0.15, 0.2) is 32.8 Å². The van der Waals surface area contributed by atoms with E-state index in [9.17, 15) is 17.2 Å². The van der Waals surface area contributed by atoms with E-state index in [-0.39, 0.29) is 5.75 Å². The lowest BCUT2D eigenvalue weighted by Crippen LogP contribution is -2.35. The third kappa shape index (κ3) is 7.39. The van der Waals surface area contributed by atoms with E-state index in [0.717, 1.165) is 44.1 Å². The van der Waals surface area contributed by atoms with Gasteiger partial charge in [-0.3, -0.25) is 4.98 Å². The predicted molar refractivity (Wildman–Crippen MR) is 164 cm³/mol. The van der Waals surface area contributed by atoms with Gasteiger partial charge in [0.1, 0.15) is 22.3 Å². The second kappa shape index (κ2) is 13.8. The van der Waals surface area contributed by atoms with Gasteiger partial charge < -0.3 is 23.8 Å². The van der Waals surface area contributed by atoms with Crippen molar-refractivity contribution in [1.82, 2.24) is 9.88 Å². The minimum Gasteiger partial charge on any atom is -0.493 e. The van der Waals surface area contributed by atoms with Gasteiger partial charge in [-0.25, -0.2) is 17.2 Å². The molecule has 3 aromatic carbocycles. The van der Waals surface area contributed by atoms with E-state index >= 15 is 0 Å². The third-order valence-electron chi connectivity index (χ3n) is 7.64. The van der Waals surface area contributed by atoms with Crippen molar-refractivity contribution in [2.45, 2.75) is 36.8 Å². The number of rotatable bonds is 12. The Labute approximate surface area is 256 Å². The normalized spacial score (nSPS) is 15.7. The van der Waals surface area contributed by atoms with Crippen molar-refractivity contribution in [3.05, 3.63) is 78.0 Å². The molecule has 1 aliphatic heterocycles. The van der Waals surface area contributed by atoms with Crippen LogP contribution in [0.3, 0.4) is 0 Å². The largest absolute Gasteiger partial charge is 0.493 e. The number of piperidine rings is 1. The van der Waals surface area contributed by atoms with Crippen LogP contribution in [0.4, 0.5) is 8.78 Å². The Morgan fingerprint density at radius 2 is 1.73 bits per heavy atom. The lowest BCUT2D eigenvalue weighted by molar-refractivity contribution is 0.169. The Hall–Kier alpha value is -3.96. The monoisotopic (exact) mass is 626 g/mol. The number of aromatic nitrogens is 1. The van der Waals surface area contributed by atoms with Gasteiger partial charge >= 0.3 is 0 Å². The molecule has 234 valence electrons. The summed E-state index contributed by atoms with van der Waals surface area (Å²) in [6.07, 6.45) is 5.06. The first-order chi connectivity index (χ1) is 21.2. The number of fused-ring (bicyclic) bond motifs is 1. The highest BCUT2D eigenvalue weighted by atomic mass is 32.2. The van der Waals surface area contributed by atoms with Crippen LogP contribution in [0.15, 0.2) is 65.7 Å². The van der Waals surface area contributed by atoms with Crippen molar-refractivity contribution < 1.29 is 36.1 Å². The van der Waals surface area contributed by atoms with Crippen LogP contribution in [0.1, 0.15) is 31.7 Å². The molecule has 11 heteroatoms. The molecule has 1 atom stereocenters. The highest BCUT2D eigenvalue weighted by Gasteiger charge is 2.22. The SMILES string of the molecule is COc1cc2c(Oc3ccc(CS(=O)(=O)c4cc(F)ccc4F)cc3OC)ccnc2cc1OCCCN1CCCC(C)C1. The lowest BCUT2D eigenvalue weighted by Gasteiger charge is -2.30. The van der Waals surface area contributed by atoms with Crippen LogP contribution in [-0.2, 0) is 15.6 Å². The van der Waals surface area contributed by atoms with E-state index in [4.69, 9.17) is 18.9 Å². The summed E-state index contributed by atoms with van der Waals surface area (Å²) in [6.45, 7) is 6.11. The van der Waals surface area contributed by atoms with E-state index < -0.39 is 32.1 Å². The van der Waals surface area contributed by atoms with Crippen molar-refractivity contribution in [2.24, 2.45) is 5.92 Å². The zero-order valence-corrected chi connectivity index (χ0v) is 25.8. The predicted octanol–water partition coefficient (Wildman–Crippen LogP) is 6.80. The summed E-state index contributed by atoms with van der Waals surface area (Å²) in [7, 11) is -1.17. The summed E-state index contributed by atoms with van der Waals surface area (Å²) in [5, 5.41) is 0.675. The first-order valence-electron chi connectivity index (χ1n) is 14.5. The van der Waals surface area contributed by atoms with Crippen molar-refractivity contribution >= 4 is 20.7 Å². The number of methoxy groups -OCH3 is 2. The molecule has 0 amide bonds. The molecule has 1 fully saturated rings. The van der Waals surface area contributed by atoms with Gasteiger partial charge in [-0.1, -0.05) is 13.0 Å². The molecule has 4 aromatic rings. The van der Waals surface area contributed by atoms with Crippen molar-refractivity contribution in [2.75, 3.05) is 40.5 Å². The average Bonchev–Trinajstić information content (AvgIpc) is 3.00. The van der Waals surface area contributed by atoms with Gasteiger partial charge in [0.2, 0.25) is 0 Å². The summed E-state index contributed by atoms with van der Waals surface area (Å²) >= 11 is 0. The maximum atomic E-state index is 14.2. The molecule has 2 heterocycles. The number of hydrogen-bond donors (Lipinski definition) is 0. The molecular formula is C33H36F2N2O6S. The minimum absolute atomic E-state index is 0.261. The zero-order valence-electron chi connectivity index (χ0n) is 25.0. The van der Waals surface area contributed by atoms with Crippen molar-refractivity contribution in [1.29, 1.82) is 0 Å². The van der Waals surface area contributed by atoms with Crippen LogP contribution < -0.4 is 18.9 Å². The van der Waals surface area contributed by atoms with Crippen LogP contribution in [0.25, 0.3) is 10.9 Å².